The lowest BCUT2D eigenvalue weighted by atomic mass is 10.00. The molecule has 0 bridgehead atoms. The third kappa shape index (κ3) is 3.55. The van der Waals surface area contributed by atoms with Crippen LogP contribution in [0.15, 0.2) is 0 Å². The van der Waals surface area contributed by atoms with Gasteiger partial charge in [-0.25, -0.2) is 0 Å². The van der Waals surface area contributed by atoms with Crippen LogP contribution in [-0.4, -0.2) is 33.4 Å². The maximum Gasteiger partial charge on any atom is 0.187 e. The van der Waals surface area contributed by atoms with Crippen molar-refractivity contribution in [3.63, 3.8) is 0 Å². The van der Waals surface area contributed by atoms with Crippen LogP contribution in [0.5, 0.6) is 0 Å². The van der Waals surface area contributed by atoms with Crippen molar-refractivity contribution in [2.75, 3.05) is 13.2 Å². The highest BCUT2D eigenvalue weighted by Gasteiger charge is 2.44. The van der Waals surface area contributed by atoms with Crippen LogP contribution in [0.1, 0.15) is 33.6 Å². The van der Waals surface area contributed by atoms with Crippen LogP contribution >= 0.6 is 0 Å². The summed E-state index contributed by atoms with van der Waals surface area (Å²) in [6.45, 7) is 12.0. The molecule has 1 atom stereocenters. The van der Waals surface area contributed by atoms with Crippen molar-refractivity contribution < 1.29 is 13.9 Å². The van der Waals surface area contributed by atoms with E-state index in [2.05, 4.69) is 20.0 Å². The predicted molar refractivity (Wildman–Crippen MR) is 68.1 cm³/mol. The summed E-state index contributed by atoms with van der Waals surface area (Å²) in [7, 11) is -1.51. The lowest BCUT2D eigenvalue weighted by molar-refractivity contribution is -0.227. The van der Waals surface area contributed by atoms with E-state index in [0.29, 0.717) is 13.2 Å². The molecule has 0 N–H and O–H groups in total. The van der Waals surface area contributed by atoms with Gasteiger partial charge in [0.05, 0.1) is 0 Å². The standard InChI is InChI=1S/C12H26O3Si/c1-6-13-11(14-7-2)12(3)9-8-10-16(4,5)15-12/h11H,6-10H2,1-5H3. The lowest BCUT2D eigenvalue weighted by Gasteiger charge is -2.46. The number of hydrogen-bond donors (Lipinski definition) is 0. The normalized spacial score (nSPS) is 29.6. The Morgan fingerprint density at radius 3 is 2.25 bits per heavy atom. The molecule has 1 unspecified atom stereocenters. The van der Waals surface area contributed by atoms with Gasteiger partial charge in [0.1, 0.15) is 5.60 Å². The average Bonchev–Trinajstić information content (AvgIpc) is 2.15. The molecule has 0 aliphatic carbocycles. The van der Waals surface area contributed by atoms with Crippen LogP contribution < -0.4 is 0 Å². The number of rotatable bonds is 5. The fraction of sp³-hybridized carbons (Fsp3) is 1.00. The number of ether oxygens (including phenoxy) is 2. The van der Waals surface area contributed by atoms with E-state index in [9.17, 15) is 0 Å². The Morgan fingerprint density at radius 1 is 1.25 bits per heavy atom. The zero-order valence-corrected chi connectivity index (χ0v) is 12.3. The van der Waals surface area contributed by atoms with Gasteiger partial charge in [-0.15, -0.1) is 0 Å². The Labute approximate surface area is 101 Å². The largest absolute Gasteiger partial charge is 0.407 e. The Kier molecular flexibility index (Phi) is 4.98. The summed E-state index contributed by atoms with van der Waals surface area (Å²) in [6.07, 6.45) is 2.05. The molecule has 4 heteroatoms. The minimum absolute atomic E-state index is 0.213. The van der Waals surface area contributed by atoms with E-state index in [1.54, 1.807) is 0 Å². The highest BCUT2D eigenvalue weighted by molar-refractivity contribution is 6.71. The van der Waals surface area contributed by atoms with Gasteiger partial charge in [-0.05, 0) is 46.3 Å². The Hall–Kier alpha value is 0.0969. The molecule has 3 nitrogen and oxygen atoms in total. The summed E-state index contributed by atoms with van der Waals surface area (Å²) in [6, 6.07) is 1.24. The molecule has 0 saturated carbocycles. The summed E-state index contributed by atoms with van der Waals surface area (Å²) in [4.78, 5) is 0. The van der Waals surface area contributed by atoms with E-state index >= 15 is 0 Å². The SMILES string of the molecule is CCOC(OCC)C1(C)CCC[Si](C)(C)O1. The third-order valence-corrected chi connectivity index (χ3v) is 5.67. The second-order valence-corrected chi connectivity index (χ2v) is 9.49. The number of hydrogen-bond acceptors (Lipinski definition) is 3. The molecule has 1 fully saturated rings. The second kappa shape index (κ2) is 5.62. The van der Waals surface area contributed by atoms with Crippen LogP contribution in [0.4, 0.5) is 0 Å². The maximum atomic E-state index is 6.32. The van der Waals surface area contributed by atoms with Gasteiger partial charge < -0.3 is 13.9 Å². The molecule has 0 aromatic heterocycles. The molecular weight excluding hydrogens is 220 g/mol. The van der Waals surface area contributed by atoms with Crippen LogP contribution in [-0.2, 0) is 13.9 Å². The molecule has 0 radical (unpaired) electrons. The van der Waals surface area contributed by atoms with Gasteiger partial charge in [-0.1, -0.05) is 6.42 Å². The molecule has 0 spiro atoms. The molecule has 1 aliphatic heterocycles. The third-order valence-electron chi connectivity index (χ3n) is 3.10. The molecule has 16 heavy (non-hydrogen) atoms. The first-order chi connectivity index (χ1) is 7.43. The van der Waals surface area contributed by atoms with Gasteiger partial charge >= 0.3 is 0 Å². The van der Waals surface area contributed by atoms with E-state index < -0.39 is 8.32 Å². The quantitative estimate of drug-likeness (QED) is 0.551. The molecule has 0 aromatic rings. The monoisotopic (exact) mass is 246 g/mol. The molecule has 0 aromatic carbocycles. The first-order valence-electron chi connectivity index (χ1n) is 6.37. The van der Waals surface area contributed by atoms with Crippen LogP contribution in [0.3, 0.4) is 0 Å². The molecule has 1 rings (SSSR count). The van der Waals surface area contributed by atoms with E-state index in [0.717, 1.165) is 6.42 Å². The lowest BCUT2D eigenvalue weighted by Crippen LogP contribution is -2.54. The second-order valence-electron chi connectivity index (χ2n) is 5.27. The molecular formula is C12H26O3Si. The van der Waals surface area contributed by atoms with Crippen molar-refractivity contribution in [2.24, 2.45) is 0 Å². The zero-order chi connectivity index (χ0) is 12.2. The molecule has 1 saturated heterocycles. The average molecular weight is 246 g/mol. The van der Waals surface area contributed by atoms with Crippen LogP contribution in [0, 0.1) is 0 Å². The van der Waals surface area contributed by atoms with Gasteiger partial charge in [-0.2, -0.15) is 0 Å². The highest BCUT2D eigenvalue weighted by Crippen LogP contribution is 2.37. The molecule has 1 aliphatic rings. The fourth-order valence-electron chi connectivity index (χ4n) is 2.47. The summed E-state index contributed by atoms with van der Waals surface area (Å²) in [5.74, 6) is 0. The summed E-state index contributed by atoms with van der Waals surface area (Å²) in [5, 5.41) is 0. The van der Waals surface area contributed by atoms with Gasteiger partial charge in [0.2, 0.25) is 0 Å². The van der Waals surface area contributed by atoms with Crippen molar-refractivity contribution in [1.29, 1.82) is 0 Å². The van der Waals surface area contributed by atoms with Crippen LogP contribution in [0.25, 0.3) is 0 Å². The fourth-order valence-corrected chi connectivity index (χ4v) is 5.06. The summed E-state index contributed by atoms with van der Waals surface area (Å²) >= 11 is 0. The summed E-state index contributed by atoms with van der Waals surface area (Å²) < 4.78 is 17.7. The molecule has 96 valence electrons. The maximum absolute atomic E-state index is 6.32. The Morgan fingerprint density at radius 2 is 1.81 bits per heavy atom. The van der Waals surface area contributed by atoms with E-state index in [1.165, 1.54) is 12.5 Å². The van der Waals surface area contributed by atoms with Crippen molar-refractivity contribution in [3.05, 3.63) is 0 Å². The van der Waals surface area contributed by atoms with Gasteiger partial charge in [0.15, 0.2) is 14.6 Å². The smallest absolute Gasteiger partial charge is 0.187 e. The zero-order valence-electron chi connectivity index (χ0n) is 11.3. The van der Waals surface area contributed by atoms with Crippen molar-refractivity contribution in [3.8, 4) is 0 Å². The molecule has 0 amide bonds. The minimum atomic E-state index is -1.51. The van der Waals surface area contributed by atoms with Gasteiger partial charge in [0.25, 0.3) is 0 Å². The van der Waals surface area contributed by atoms with Gasteiger partial charge in [-0.3, -0.25) is 0 Å². The summed E-state index contributed by atoms with van der Waals surface area (Å²) in [5.41, 5.74) is -0.250. The first kappa shape index (κ1) is 14.2. The minimum Gasteiger partial charge on any atom is -0.407 e. The van der Waals surface area contributed by atoms with E-state index in [4.69, 9.17) is 13.9 Å². The van der Waals surface area contributed by atoms with Crippen molar-refractivity contribution >= 4 is 8.32 Å². The van der Waals surface area contributed by atoms with Crippen LogP contribution in [0.2, 0.25) is 19.1 Å². The topological polar surface area (TPSA) is 27.7 Å². The van der Waals surface area contributed by atoms with Crippen molar-refractivity contribution in [1.82, 2.24) is 0 Å². The van der Waals surface area contributed by atoms with Crippen molar-refractivity contribution in [2.45, 2.75) is 64.6 Å². The first-order valence-corrected chi connectivity index (χ1v) is 9.48. The Balaban J connectivity index is 2.71. The molecule has 1 heterocycles. The Bertz CT molecular complexity index is 214. The van der Waals surface area contributed by atoms with E-state index in [1.807, 2.05) is 13.8 Å². The van der Waals surface area contributed by atoms with E-state index in [-0.39, 0.29) is 11.9 Å². The highest BCUT2D eigenvalue weighted by atomic mass is 28.4. The predicted octanol–water partition coefficient (Wildman–Crippen LogP) is 3.16. The van der Waals surface area contributed by atoms with Gasteiger partial charge in [0, 0.05) is 13.2 Å².